The first-order valence-corrected chi connectivity index (χ1v) is 49.1. The number of hydrogen-bond donors (Lipinski definition) is 16. The third-order valence-corrected chi connectivity index (χ3v) is 27.8. The van der Waals surface area contributed by atoms with Crippen LogP contribution in [0.1, 0.15) is 170 Å². The molecule has 10 aromatic heterocycles. The molecule has 148 heavy (non-hydrogen) atoms. The average Bonchev–Trinajstić information content (AvgIpc) is 0.931. The Morgan fingerprint density at radius 1 is 0.243 bits per heavy atom. The van der Waals surface area contributed by atoms with E-state index in [1.54, 1.807) is 41.4 Å². The number of nitrogens with zero attached hydrogens (tertiary/aromatic N) is 17. The van der Waals surface area contributed by atoms with Crippen LogP contribution in [-0.2, 0) is 99.2 Å². The van der Waals surface area contributed by atoms with Crippen LogP contribution in [0.15, 0.2) is 177 Å². The van der Waals surface area contributed by atoms with Crippen LogP contribution in [0.2, 0.25) is 0 Å². The first-order chi connectivity index (χ1) is 70.8. The number of aromatic nitrogens is 16. The molecule has 0 radical (unpaired) electrons. The minimum atomic E-state index is -2.04. The fourth-order valence-corrected chi connectivity index (χ4v) is 20.5. The van der Waals surface area contributed by atoms with Gasteiger partial charge in [-0.2, -0.15) is 0 Å². The Labute approximate surface area is 849 Å². The summed E-state index contributed by atoms with van der Waals surface area (Å²) in [5.74, 6) is -9.11. The van der Waals surface area contributed by atoms with Gasteiger partial charge in [0, 0.05) is 210 Å². The van der Waals surface area contributed by atoms with Crippen LogP contribution < -0.4 is 101 Å². The van der Waals surface area contributed by atoms with Gasteiger partial charge in [-0.15, -0.1) is 0 Å². The number of aryl methyl sites for hydroxylation is 10. The molecule has 50 heteroatoms. The van der Waals surface area contributed by atoms with Crippen LogP contribution >= 0.6 is 7.26 Å². The van der Waals surface area contributed by atoms with Crippen LogP contribution in [0, 0.1) is 0 Å². The third-order valence-electron chi connectivity index (χ3n) is 23.3. The number of hydrogen-bond acceptors (Lipinski definition) is 23. The van der Waals surface area contributed by atoms with E-state index >= 15 is 0 Å². The maximum Gasteiger partial charge on any atom is 0.292 e. The summed E-state index contributed by atoms with van der Waals surface area (Å²) in [5, 5.41) is 46.8. The molecule has 0 aliphatic carbocycles. The molecule has 0 unspecified atom stereocenters. The second-order valence-corrected chi connectivity index (χ2v) is 38.8. The molecule has 0 spiro atoms. The summed E-state index contributed by atoms with van der Waals surface area (Å²) in [6.07, 6.45) is 17.7. The normalized spacial score (nSPS) is 11.1. The zero-order chi connectivity index (χ0) is 106. The van der Waals surface area contributed by atoms with Gasteiger partial charge in [0.2, 0.25) is 70.4 Å². The van der Waals surface area contributed by atoms with Crippen molar-refractivity contribution in [1.29, 1.82) is 0 Å². The summed E-state index contributed by atoms with van der Waals surface area (Å²) in [6, 6.07) is 37.4. The number of unbranched alkanes of at least 4 members (excludes halogenated alkanes) is 1. The van der Waals surface area contributed by atoms with Gasteiger partial charge >= 0.3 is 0 Å². The third kappa shape index (κ3) is 28.3. The van der Waals surface area contributed by atoms with Gasteiger partial charge in [-0.1, -0.05) is 54.6 Å². The zero-order valence-corrected chi connectivity index (χ0v) is 84.4. The fourth-order valence-electron chi connectivity index (χ4n) is 16.1. The first kappa shape index (κ1) is 107. The Kier molecular flexibility index (Phi) is 35.7. The van der Waals surface area contributed by atoms with Crippen molar-refractivity contribution in [3.8, 4) is 0 Å². The van der Waals surface area contributed by atoms with Crippen LogP contribution in [0.25, 0.3) is 0 Å². The SMILES string of the molecule is CN(C)CCCNC(=O)CCNC(=O)c1cc(NC(=O)c2cc(NC(=O)CCNC(=O)c3nc(NC(=O)c4cc(NC(=O)c5nc(NC(=O)CCCNC(=O)c6cc(NC(=O)c7nc(NC(=O)CCNC(=O)c8nc(NC(=O)c9nc(NC(=O)c%10nc(NC(=O)CCNC(=O)CCCC[P+](c%11ccccc%11)(c%11ccccc%11)c%11ccccc%11)cn%10C)cn9C)cn8C)cn7C)cn6C)cn5C)cn4C)cn3C)cn2C)cn1C. The summed E-state index contributed by atoms with van der Waals surface area (Å²) >= 11 is 0. The summed E-state index contributed by atoms with van der Waals surface area (Å²) < 4.78 is 14.2. The molecule has 0 bridgehead atoms. The molecule has 0 aliphatic rings. The number of rotatable bonds is 48. The topological polar surface area (TPSA) is 595 Å². The average molecular weight is 2040 g/mol. The molecule has 0 fully saturated rings. The Hall–Kier alpha value is -18.1. The summed E-state index contributed by atoms with van der Waals surface area (Å²) in [6.45, 7) is 1.34. The van der Waals surface area contributed by atoms with E-state index in [0.29, 0.717) is 24.3 Å². The molecule has 0 aliphatic heterocycles. The molecule has 16 amide bonds. The lowest BCUT2D eigenvalue weighted by atomic mass is 10.2. The molecule has 3 aromatic carbocycles. The van der Waals surface area contributed by atoms with E-state index in [1.807, 2.05) is 37.2 Å². The van der Waals surface area contributed by atoms with Gasteiger partial charge in [0.05, 0.1) is 28.9 Å². The number of amides is 16. The molecule has 16 N–H and O–H groups in total. The minimum absolute atomic E-state index is 0.0118. The van der Waals surface area contributed by atoms with Crippen molar-refractivity contribution < 1.29 is 76.7 Å². The van der Waals surface area contributed by atoms with Gasteiger partial charge in [0.1, 0.15) is 46.0 Å². The standard InChI is InChI=1S/C98H116N33O16P/c1-121(2)44-25-39-99-78(133)34-41-102-90(139)68-47-61(51-122(68)3)106-91(140)69-46-60(50-124(69)5)105-80(135)36-42-103-93(142)83-115-74(57-126(83)7)118-92(141)70-49-63(53-125(70)6)108-96(145)85-112-71(54-128(85)9)109-79(134)33-24-38-101-89(138)67-48-62(52-123(67)4)107-95(144)86-113-72(55-129(86)10)111-82(137)37-43-104-94(143)84-116-75(58-127(84)8)119-98(147)88-117-76(59-131(88)12)120-97(146)87-114-73(56-130(87)11)110-81(136)35-40-100-77(132)32-22-23-45-148(64-26-16-13-17-27-64,65-28-18-14-19-29-65)66-30-20-15-21-31-66/h13-21,26-31,46-59H,22-25,32-45H2,1-12H3,(H15-,99,100,101,102,103,104,105,106,107,108,109,110,111,118,119,120,132,133,134,135,136,137,138,139,140,141,142,143,144,145,146,147)/p+1. The van der Waals surface area contributed by atoms with E-state index < -0.39 is 90.0 Å². The van der Waals surface area contributed by atoms with Gasteiger partial charge < -0.3 is 136 Å². The lowest BCUT2D eigenvalue weighted by molar-refractivity contribution is -0.122. The Bertz CT molecular complexity index is 7030. The quantitative estimate of drug-likeness (QED) is 0.0185. The highest BCUT2D eigenvalue weighted by atomic mass is 31.2. The second kappa shape index (κ2) is 49.3. The summed E-state index contributed by atoms with van der Waals surface area (Å²) in [7, 11) is 17.4. The van der Waals surface area contributed by atoms with Crippen molar-refractivity contribution in [3.05, 3.63) is 235 Å². The molecule has 49 nitrogen and oxygen atoms in total. The van der Waals surface area contributed by atoms with Gasteiger partial charge in [-0.25, -0.2) is 29.9 Å². The van der Waals surface area contributed by atoms with Gasteiger partial charge in [0.15, 0.2) is 34.9 Å². The van der Waals surface area contributed by atoms with E-state index in [4.69, 9.17) is 0 Å². The van der Waals surface area contributed by atoms with Gasteiger partial charge in [-0.05, 0) is 107 Å². The van der Waals surface area contributed by atoms with Crippen LogP contribution in [0.5, 0.6) is 0 Å². The predicted octanol–water partition coefficient (Wildman–Crippen LogP) is 4.42. The van der Waals surface area contributed by atoms with Crippen molar-refractivity contribution in [3.63, 3.8) is 0 Å². The van der Waals surface area contributed by atoms with Crippen LogP contribution in [0.3, 0.4) is 0 Å². The summed E-state index contributed by atoms with van der Waals surface area (Å²) in [5.41, 5.74) is 1.77. The second-order valence-electron chi connectivity index (χ2n) is 35.2. The first-order valence-electron chi connectivity index (χ1n) is 47.1. The lowest BCUT2D eigenvalue weighted by Crippen LogP contribution is -2.33. The lowest BCUT2D eigenvalue weighted by Gasteiger charge is -2.27. The van der Waals surface area contributed by atoms with Crippen LogP contribution in [-0.4, -0.2) is 241 Å². The Morgan fingerprint density at radius 3 is 0.872 bits per heavy atom. The molecule has 0 atom stereocenters. The summed E-state index contributed by atoms with van der Waals surface area (Å²) in [4.78, 5) is 239. The minimum Gasteiger partial charge on any atom is -0.356 e. The molecule has 13 rings (SSSR count). The molecular formula is C98H117N33O16P+. The van der Waals surface area contributed by atoms with E-state index in [-0.39, 0.29) is 193 Å². The van der Waals surface area contributed by atoms with Crippen molar-refractivity contribution in [2.24, 2.45) is 70.5 Å². The smallest absolute Gasteiger partial charge is 0.292 e. The number of benzene rings is 3. The molecule has 13 aromatic rings. The van der Waals surface area contributed by atoms with E-state index in [2.05, 4.69) is 188 Å². The number of carbonyl (C=O) groups is 16. The number of nitrogens with one attached hydrogen (secondary N) is 16. The maximum atomic E-state index is 13.6. The van der Waals surface area contributed by atoms with E-state index in [9.17, 15) is 76.7 Å². The highest BCUT2D eigenvalue weighted by Gasteiger charge is 2.45. The fraction of sp³-hybridized carbons (Fsp3) is 0.306. The monoisotopic (exact) mass is 2040 g/mol. The van der Waals surface area contributed by atoms with Crippen molar-refractivity contribution in [2.45, 2.75) is 64.2 Å². The molecule has 10 heterocycles. The molecule has 774 valence electrons. The zero-order valence-electron chi connectivity index (χ0n) is 83.6. The molecule has 0 saturated carbocycles. The predicted molar refractivity (Wildman–Crippen MR) is 553 cm³/mol. The largest absolute Gasteiger partial charge is 0.356 e. The number of anilines is 10. The number of imidazole rings is 6. The van der Waals surface area contributed by atoms with Gasteiger partial charge in [-0.3, -0.25) is 76.7 Å². The molecule has 0 saturated heterocycles. The van der Waals surface area contributed by atoms with Crippen molar-refractivity contribution >= 4 is 175 Å². The molecular weight excluding hydrogens is 1930 g/mol. The van der Waals surface area contributed by atoms with Gasteiger partial charge in [0.25, 0.3) is 59.1 Å². The highest BCUT2D eigenvalue weighted by molar-refractivity contribution is 7.95. The maximum absolute atomic E-state index is 13.6. The number of carbonyl (C=O) groups excluding carboxylic acids is 16. The Morgan fingerprint density at radius 2 is 0.500 bits per heavy atom. The van der Waals surface area contributed by atoms with E-state index in [1.165, 1.54) is 177 Å². The highest BCUT2D eigenvalue weighted by Crippen LogP contribution is 2.56. The van der Waals surface area contributed by atoms with Crippen molar-refractivity contribution in [1.82, 2.24) is 112 Å². The van der Waals surface area contributed by atoms with Crippen LogP contribution in [0.4, 0.5) is 57.7 Å². The van der Waals surface area contributed by atoms with E-state index in [0.717, 1.165) is 25.5 Å². The Balaban J connectivity index is 0.475. The van der Waals surface area contributed by atoms with Crippen molar-refractivity contribution in [2.75, 3.05) is 119 Å².